The molecule has 2 rings (SSSR count). The second kappa shape index (κ2) is 4.96. The Labute approximate surface area is 121 Å². The van der Waals surface area contributed by atoms with E-state index in [-0.39, 0.29) is 11.7 Å². The minimum atomic E-state index is -0.143. The maximum absolute atomic E-state index is 11.9. The van der Waals surface area contributed by atoms with Gasteiger partial charge in [0.1, 0.15) is 17.1 Å². The summed E-state index contributed by atoms with van der Waals surface area (Å²) >= 11 is 2.14. The quantitative estimate of drug-likeness (QED) is 0.818. The topological polar surface area (TPSA) is 58.4 Å². The zero-order valence-corrected chi connectivity index (χ0v) is 13.1. The van der Waals surface area contributed by atoms with Crippen LogP contribution in [0.15, 0.2) is 12.1 Å². The summed E-state index contributed by atoms with van der Waals surface area (Å²) in [6.45, 7) is 1.86. The molecule has 1 aromatic carbocycles. The molecule has 1 aromatic heterocycles. The maximum Gasteiger partial charge on any atom is 0.253 e. The largest absolute Gasteiger partial charge is 0.506 e. The number of carbonyl (C=O) groups excluding carboxylic acids is 1. The Morgan fingerprint density at radius 2 is 2.17 bits per heavy atom. The number of phenols is 1. The second-order valence-electron chi connectivity index (χ2n) is 4.09. The Morgan fingerprint density at radius 3 is 2.72 bits per heavy atom. The van der Waals surface area contributed by atoms with Gasteiger partial charge in [0.2, 0.25) is 0 Å². The average molecular weight is 377 g/mol. The fourth-order valence-corrected chi connectivity index (χ4v) is 3.57. The molecule has 7 heteroatoms. The molecule has 5 nitrogen and oxygen atoms in total. The first kappa shape index (κ1) is 13.5. The monoisotopic (exact) mass is 377 g/mol. The van der Waals surface area contributed by atoms with Crippen molar-refractivity contribution in [2.75, 3.05) is 14.1 Å². The molecule has 2 aromatic rings. The van der Waals surface area contributed by atoms with Crippen molar-refractivity contribution in [1.82, 2.24) is 13.9 Å². The third-order valence-corrected chi connectivity index (χ3v) is 4.36. The molecule has 1 N–H and O–H groups in total. The number of hydrogen-bond donors (Lipinski definition) is 1. The molecule has 1 heterocycles. The number of aryl methyl sites for hydroxylation is 1. The van der Waals surface area contributed by atoms with Crippen molar-refractivity contribution < 1.29 is 9.90 Å². The van der Waals surface area contributed by atoms with Crippen LogP contribution in [0.25, 0.3) is 11.0 Å². The first-order valence-corrected chi connectivity index (χ1v) is 8.50. The van der Waals surface area contributed by atoms with Crippen molar-refractivity contribution in [3.05, 3.63) is 23.5 Å². The van der Waals surface area contributed by atoms with Crippen molar-refractivity contribution in [3.63, 3.8) is 0 Å². The molecular formula is C11H12IN3O2S. The van der Waals surface area contributed by atoms with Crippen molar-refractivity contribution >= 4 is 47.3 Å². The lowest BCUT2D eigenvalue weighted by Gasteiger charge is -2.10. The molecular weight excluding hydrogens is 365 g/mol. The molecule has 0 aliphatic heterocycles. The van der Waals surface area contributed by atoms with Crippen LogP contribution in [0.5, 0.6) is 5.75 Å². The van der Waals surface area contributed by atoms with Crippen molar-refractivity contribution in [3.8, 4) is 5.75 Å². The third-order valence-electron chi connectivity index (χ3n) is 2.58. The highest BCUT2D eigenvalue weighted by Gasteiger charge is 2.16. The molecule has 0 saturated heterocycles. The zero-order valence-electron chi connectivity index (χ0n) is 10.1. The summed E-state index contributed by atoms with van der Waals surface area (Å²) in [7, 11) is 4.82. The molecule has 0 radical (unpaired) electrons. The van der Waals surface area contributed by atoms with E-state index in [1.54, 1.807) is 20.2 Å². The molecule has 0 aliphatic carbocycles. The van der Waals surface area contributed by atoms with E-state index in [0.29, 0.717) is 11.1 Å². The summed E-state index contributed by atoms with van der Waals surface area (Å²) in [6, 6.07) is 3.21. The summed E-state index contributed by atoms with van der Waals surface area (Å²) in [5.41, 5.74) is 1.72. The molecule has 0 aliphatic rings. The van der Waals surface area contributed by atoms with Gasteiger partial charge in [-0.25, -0.2) is 4.98 Å². The Balaban J connectivity index is 2.70. The third kappa shape index (κ3) is 2.16. The number of halogens is 1. The highest BCUT2D eigenvalue weighted by atomic mass is 127. The van der Waals surface area contributed by atoms with Crippen LogP contribution >= 0.6 is 30.3 Å². The van der Waals surface area contributed by atoms with Crippen LogP contribution in [0, 0.1) is 6.92 Å². The number of fused-ring (bicyclic) bond motifs is 1. The van der Waals surface area contributed by atoms with Crippen LogP contribution in [-0.2, 0) is 0 Å². The number of imidazole rings is 1. The molecule has 0 atom stereocenters. The highest BCUT2D eigenvalue weighted by molar-refractivity contribution is 14.2. The Bertz CT molecular complexity index is 624. The van der Waals surface area contributed by atoms with Crippen molar-refractivity contribution in [2.45, 2.75) is 6.92 Å². The van der Waals surface area contributed by atoms with Crippen LogP contribution in [-0.4, -0.2) is 39.0 Å². The number of nitrogens with zero attached hydrogens (tertiary/aromatic N) is 3. The normalized spacial score (nSPS) is 10.9. The van der Waals surface area contributed by atoms with Crippen molar-refractivity contribution in [1.29, 1.82) is 0 Å². The number of aromatic nitrogens is 2. The number of carbonyl (C=O) groups is 1. The summed E-state index contributed by atoms with van der Waals surface area (Å²) in [5.74, 6) is 0.676. The molecule has 1 amide bonds. The van der Waals surface area contributed by atoms with E-state index in [1.165, 1.54) is 20.1 Å². The number of benzene rings is 1. The van der Waals surface area contributed by atoms with Gasteiger partial charge >= 0.3 is 0 Å². The van der Waals surface area contributed by atoms with Gasteiger partial charge in [0.25, 0.3) is 5.91 Å². The molecule has 0 unspecified atom stereocenters. The Kier molecular flexibility index (Phi) is 3.71. The van der Waals surface area contributed by atoms with Crippen LogP contribution in [0.4, 0.5) is 0 Å². The minimum absolute atomic E-state index is 0.0324. The number of rotatable bonds is 2. The lowest BCUT2D eigenvalue weighted by molar-refractivity contribution is 0.0827. The van der Waals surface area contributed by atoms with E-state index in [2.05, 4.69) is 26.2 Å². The van der Waals surface area contributed by atoms with Gasteiger partial charge in [0.15, 0.2) is 0 Å². The SMILES string of the molecule is Cc1nc2c(O)cc(C(=O)N(C)C)cc2n1SI. The zero-order chi connectivity index (χ0) is 13.4. The Morgan fingerprint density at radius 1 is 1.50 bits per heavy atom. The summed E-state index contributed by atoms with van der Waals surface area (Å²) in [5, 5.41) is 9.96. The van der Waals surface area contributed by atoms with E-state index in [1.807, 2.05) is 10.9 Å². The number of amides is 1. The average Bonchev–Trinajstić information content (AvgIpc) is 2.64. The molecule has 0 fully saturated rings. The van der Waals surface area contributed by atoms with E-state index >= 15 is 0 Å². The van der Waals surface area contributed by atoms with Crippen molar-refractivity contribution in [2.24, 2.45) is 0 Å². The predicted octanol–water partition coefficient (Wildman–Crippen LogP) is 2.60. The first-order valence-electron chi connectivity index (χ1n) is 5.18. The fraction of sp³-hybridized carbons (Fsp3) is 0.273. The second-order valence-corrected chi connectivity index (χ2v) is 5.77. The number of phenolic OH excluding ortho intramolecular Hbond substituents is 1. The van der Waals surface area contributed by atoms with Crippen LogP contribution < -0.4 is 0 Å². The summed E-state index contributed by atoms with van der Waals surface area (Å²) in [6.07, 6.45) is 0. The van der Waals surface area contributed by atoms with E-state index in [0.717, 1.165) is 11.3 Å². The maximum atomic E-state index is 11.9. The van der Waals surface area contributed by atoms with E-state index in [9.17, 15) is 9.90 Å². The Hall–Kier alpha value is -0.960. The number of aromatic hydroxyl groups is 1. The first-order chi connectivity index (χ1) is 8.45. The van der Waals surface area contributed by atoms with Gasteiger partial charge in [-0.1, -0.05) is 0 Å². The predicted molar refractivity (Wildman–Crippen MR) is 81.2 cm³/mol. The van der Waals surface area contributed by atoms with Gasteiger partial charge in [-0.15, -0.1) is 0 Å². The van der Waals surface area contributed by atoms with Gasteiger partial charge in [-0.05, 0) is 19.1 Å². The molecule has 0 spiro atoms. The van der Waals surface area contributed by atoms with E-state index < -0.39 is 0 Å². The summed E-state index contributed by atoms with van der Waals surface area (Å²) in [4.78, 5) is 17.7. The van der Waals surface area contributed by atoms with E-state index in [4.69, 9.17) is 0 Å². The molecule has 96 valence electrons. The standard InChI is InChI=1S/C11H12IN3O2S/c1-6-13-10-8(15(6)18-12)4-7(5-9(10)16)11(17)14(2)3/h4-5,16H,1-3H3. The van der Waals surface area contributed by atoms with Gasteiger partial charge in [-0.2, -0.15) is 0 Å². The fourth-order valence-electron chi connectivity index (χ4n) is 1.72. The van der Waals surface area contributed by atoms with Gasteiger partial charge in [0.05, 0.1) is 5.52 Å². The molecule has 0 bridgehead atoms. The summed E-state index contributed by atoms with van der Waals surface area (Å²) < 4.78 is 1.88. The minimum Gasteiger partial charge on any atom is -0.506 e. The lowest BCUT2D eigenvalue weighted by atomic mass is 10.1. The smallest absolute Gasteiger partial charge is 0.253 e. The highest BCUT2D eigenvalue weighted by Crippen LogP contribution is 2.31. The van der Waals surface area contributed by atoms with Gasteiger partial charge in [-0.3, -0.25) is 8.77 Å². The molecule has 18 heavy (non-hydrogen) atoms. The van der Waals surface area contributed by atoms with Crippen LogP contribution in [0.3, 0.4) is 0 Å². The number of hydrogen-bond acceptors (Lipinski definition) is 4. The van der Waals surface area contributed by atoms with Crippen LogP contribution in [0.2, 0.25) is 0 Å². The van der Waals surface area contributed by atoms with Gasteiger partial charge in [0, 0.05) is 50.0 Å². The lowest BCUT2D eigenvalue weighted by Crippen LogP contribution is -2.21. The molecule has 0 saturated carbocycles. The van der Waals surface area contributed by atoms with Gasteiger partial charge < -0.3 is 10.0 Å². The van der Waals surface area contributed by atoms with Crippen LogP contribution in [0.1, 0.15) is 16.2 Å².